The molecule has 0 heterocycles. The van der Waals surface area contributed by atoms with Crippen molar-refractivity contribution in [1.82, 2.24) is 0 Å². The minimum Gasteiger partial charge on any atom is -0.378 e. The third kappa shape index (κ3) is 3.77. The molecule has 0 radical (unpaired) electrons. The highest BCUT2D eigenvalue weighted by Crippen LogP contribution is 2.25. The number of amides is 1. The van der Waals surface area contributed by atoms with Crippen LogP contribution in [0.5, 0.6) is 0 Å². The summed E-state index contributed by atoms with van der Waals surface area (Å²) in [5.74, 6) is -0.220. The first kappa shape index (κ1) is 15.9. The summed E-state index contributed by atoms with van der Waals surface area (Å²) in [6.45, 7) is 1.96. The molecule has 1 amide bonds. The van der Waals surface area contributed by atoms with Gasteiger partial charge in [0, 0.05) is 29.9 Å². The zero-order valence-electron chi connectivity index (χ0n) is 12.1. The van der Waals surface area contributed by atoms with Crippen LogP contribution < -0.4 is 10.2 Å². The van der Waals surface area contributed by atoms with Crippen LogP contribution in [0.25, 0.3) is 0 Å². The Morgan fingerprint density at radius 1 is 1.19 bits per heavy atom. The molecule has 1 N–H and O–H groups in total. The Kier molecular flexibility index (Phi) is 4.91. The van der Waals surface area contributed by atoms with Gasteiger partial charge in [-0.1, -0.05) is 27.5 Å². The van der Waals surface area contributed by atoms with Gasteiger partial charge >= 0.3 is 0 Å². The van der Waals surface area contributed by atoms with E-state index in [4.69, 9.17) is 11.6 Å². The number of hydrogen-bond acceptors (Lipinski definition) is 2. The lowest BCUT2D eigenvalue weighted by Gasteiger charge is -2.15. The van der Waals surface area contributed by atoms with E-state index in [1.807, 2.05) is 44.1 Å². The zero-order valence-corrected chi connectivity index (χ0v) is 14.4. The summed E-state index contributed by atoms with van der Waals surface area (Å²) in [7, 11) is 3.96. The number of benzene rings is 2. The quantitative estimate of drug-likeness (QED) is 0.850. The van der Waals surface area contributed by atoms with Crippen molar-refractivity contribution in [2.45, 2.75) is 6.92 Å². The average Bonchev–Trinajstić information content (AvgIpc) is 2.43. The Morgan fingerprint density at radius 2 is 1.90 bits per heavy atom. The van der Waals surface area contributed by atoms with E-state index in [2.05, 4.69) is 21.2 Å². The Hall–Kier alpha value is -1.52. The number of hydrogen-bond donors (Lipinski definition) is 1. The van der Waals surface area contributed by atoms with Gasteiger partial charge in [0.05, 0.1) is 10.6 Å². The third-order valence-corrected chi connectivity index (χ3v) is 3.97. The van der Waals surface area contributed by atoms with E-state index in [9.17, 15) is 4.79 Å². The number of carbonyl (C=O) groups excluding carboxylic acids is 1. The monoisotopic (exact) mass is 366 g/mol. The average molecular weight is 368 g/mol. The molecule has 5 heteroatoms. The second-order valence-electron chi connectivity index (χ2n) is 4.97. The van der Waals surface area contributed by atoms with Gasteiger partial charge in [-0.3, -0.25) is 4.79 Å². The Morgan fingerprint density at radius 3 is 2.52 bits per heavy atom. The molecule has 0 spiro atoms. The molecular formula is C16H16BrClN2O. The fourth-order valence-electron chi connectivity index (χ4n) is 1.93. The molecule has 0 atom stereocenters. The highest BCUT2D eigenvalue weighted by Gasteiger charge is 2.12. The molecular weight excluding hydrogens is 352 g/mol. The van der Waals surface area contributed by atoms with Crippen molar-refractivity contribution in [3.8, 4) is 0 Å². The molecule has 0 unspecified atom stereocenters. The second kappa shape index (κ2) is 6.50. The summed E-state index contributed by atoms with van der Waals surface area (Å²) in [6.07, 6.45) is 0. The highest BCUT2D eigenvalue weighted by atomic mass is 79.9. The number of rotatable bonds is 3. The molecule has 0 aliphatic heterocycles. The van der Waals surface area contributed by atoms with Gasteiger partial charge in [-0.25, -0.2) is 0 Å². The van der Waals surface area contributed by atoms with Crippen LogP contribution in [0.15, 0.2) is 40.9 Å². The standard InChI is InChI=1S/C16H16BrClN2O/c1-10-8-12(20(2)3)5-7-15(10)19-16(21)13-9-11(17)4-6-14(13)18/h4-9H,1-3H3,(H,19,21). The van der Waals surface area contributed by atoms with Crippen molar-refractivity contribution >= 4 is 44.8 Å². The van der Waals surface area contributed by atoms with E-state index >= 15 is 0 Å². The van der Waals surface area contributed by atoms with Gasteiger partial charge in [-0.15, -0.1) is 0 Å². The molecule has 21 heavy (non-hydrogen) atoms. The summed E-state index contributed by atoms with van der Waals surface area (Å²) in [5, 5.41) is 3.33. The number of aryl methyl sites for hydroxylation is 1. The van der Waals surface area contributed by atoms with Gasteiger partial charge in [0.25, 0.3) is 5.91 Å². The third-order valence-electron chi connectivity index (χ3n) is 3.15. The Labute approximate surface area is 138 Å². The summed E-state index contributed by atoms with van der Waals surface area (Å²) >= 11 is 9.42. The predicted octanol–water partition coefficient (Wildman–Crippen LogP) is 4.73. The number of nitrogens with zero attached hydrogens (tertiary/aromatic N) is 1. The lowest BCUT2D eigenvalue weighted by atomic mass is 10.1. The highest BCUT2D eigenvalue weighted by molar-refractivity contribution is 9.10. The number of nitrogens with one attached hydrogen (secondary N) is 1. The molecule has 2 rings (SSSR count). The summed E-state index contributed by atoms with van der Waals surface area (Å²) in [6, 6.07) is 11.1. The van der Waals surface area contributed by atoms with Crippen molar-refractivity contribution in [2.24, 2.45) is 0 Å². The van der Waals surface area contributed by atoms with E-state index in [-0.39, 0.29) is 5.91 Å². The van der Waals surface area contributed by atoms with Crippen molar-refractivity contribution in [3.05, 3.63) is 57.0 Å². The number of carbonyl (C=O) groups is 1. The minimum absolute atomic E-state index is 0.220. The van der Waals surface area contributed by atoms with Crippen LogP contribution in [0, 0.1) is 6.92 Å². The maximum atomic E-state index is 12.3. The smallest absolute Gasteiger partial charge is 0.257 e. The Balaban J connectivity index is 2.25. The summed E-state index contributed by atoms with van der Waals surface area (Å²) < 4.78 is 0.816. The topological polar surface area (TPSA) is 32.3 Å². The molecule has 0 aliphatic rings. The van der Waals surface area contributed by atoms with E-state index in [1.165, 1.54) is 0 Å². The summed E-state index contributed by atoms with van der Waals surface area (Å²) in [5.41, 5.74) is 3.32. The number of halogens is 2. The lowest BCUT2D eigenvalue weighted by molar-refractivity contribution is 0.102. The maximum absolute atomic E-state index is 12.3. The fourth-order valence-corrected chi connectivity index (χ4v) is 2.49. The molecule has 0 saturated heterocycles. The van der Waals surface area contributed by atoms with E-state index in [0.717, 1.165) is 21.4 Å². The van der Waals surface area contributed by atoms with Crippen molar-refractivity contribution in [2.75, 3.05) is 24.3 Å². The van der Waals surface area contributed by atoms with Crippen LogP contribution in [0.2, 0.25) is 5.02 Å². The van der Waals surface area contributed by atoms with Crippen LogP contribution in [0.4, 0.5) is 11.4 Å². The second-order valence-corrected chi connectivity index (χ2v) is 6.29. The van der Waals surface area contributed by atoms with Crippen molar-refractivity contribution < 1.29 is 4.79 Å². The lowest BCUT2D eigenvalue weighted by Crippen LogP contribution is -2.14. The molecule has 0 aliphatic carbocycles. The largest absolute Gasteiger partial charge is 0.378 e. The first-order valence-corrected chi connectivity index (χ1v) is 7.60. The Bertz CT molecular complexity index is 686. The zero-order chi connectivity index (χ0) is 15.6. The van der Waals surface area contributed by atoms with E-state index in [1.54, 1.807) is 18.2 Å². The molecule has 0 aromatic heterocycles. The molecule has 2 aromatic rings. The van der Waals surface area contributed by atoms with Crippen LogP contribution in [-0.4, -0.2) is 20.0 Å². The first-order valence-electron chi connectivity index (χ1n) is 6.43. The summed E-state index contributed by atoms with van der Waals surface area (Å²) in [4.78, 5) is 14.3. The predicted molar refractivity (Wildman–Crippen MR) is 92.6 cm³/mol. The molecule has 110 valence electrons. The van der Waals surface area contributed by atoms with Gasteiger partial charge in [-0.05, 0) is 48.9 Å². The molecule has 0 fully saturated rings. The van der Waals surface area contributed by atoms with Crippen LogP contribution in [0.3, 0.4) is 0 Å². The van der Waals surface area contributed by atoms with E-state index < -0.39 is 0 Å². The molecule has 3 nitrogen and oxygen atoms in total. The SMILES string of the molecule is Cc1cc(N(C)C)ccc1NC(=O)c1cc(Br)ccc1Cl. The minimum atomic E-state index is -0.220. The molecule has 2 aromatic carbocycles. The van der Waals surface area contributed by atoms with Gasteiger partial charge < -0.3 is 10.2 Å². The van der Waals surface area contributed by atoms with Crippen molar-refractivity contribution in [3.63, 3.8) is 0 Å². The van der Waals surface area contributed by atoms with Crippen LogP contribution >= 0.6 is 27.5 Å². The van der Waals surface area contributed by atoms with Crippen LogP contribution in [0.1, 0.15) is 15.9 Å². The van der Waals surface area contributed by atoms with Crippen LogP contribution in [-0.2, 0) is 0 Å². The maximum Gasteiger partial charge on any atom is 0.257 e. The first-order chi connectivity index (χ1) is 9.88. The fraction of sp³-hybridized carbons (Fsp3) is 0.188. The van der Waals surface area contributed by atoms with Gasteiger partial charge in [-0.2, -0.15) is 0 Å². The van der Waals surface area contributed by atoms with Gasteiger partial charge in [0.1, 0.15) is 0 Å². The van der Waals surface area contributed by atoms with Gasteiger partial charge in [0.15, 0.2) is 0 Å². The number of anilines is 2. The van der Waals surface area contributed by atoms with Gasteiger partial charge in [0.2, 0.25) is 0 Å². The van der Waals surface area contributed by atoms with E-state index in [0.29, 0.717) is 10.6 Å². The normalized spacial score (nSPS) is 10.3. The van der Waals surface area contributed by atoms with Crippen molar-refractivity contribution in [1.29, 1.82) is 0 Å². The molecule has 0 saturated carbocycles. The molecule has 0 bridgehead atoms.